The van der Waals surface area contributed by atoms with Gasteiger partial charge in [-0.2, -0.15) is 17.8 Å². The molecule has 0 saturated heterocycles. The van der Waals surface area contributed by atoms with E-state index in [1.54, 1.807) is 0 Å². The van der Waals surface area contributed by atoms with E-state index >= 15 is 0 Å². The van der Waals surface area contributed by atoms with E-state index in [0.717, 1.165) is 41.5 Å². The molecule has 3 rings (SSSR count). The average molecular weight is 523 g/mol. The number of unbranched alkanes of at least 4 members (excludes halogenated alkanes) is 1. The fraction of sp³-hybridized carbons (Fsp3) is 0.464. The van der Waals surface area contributed by atoms with Gasteiger partial charge in [0.25, 0.3) is 0 Å². The molecule has 8 nitrogen and oxygen atoms in total. The Balaban J connectivity index is 1.68. The van der Waals surface area contributed by atoms with Gasteiger partial charge in [0.05, 0.1) is 0 Å². The Kier molecular flexibility index (Phi) is 11.1. The minimum atomic E-state index is -0.115. The van der Waals surface area contributed by atoms with Crippen molar-refractivity contribution in [2.45, 2.75) is 53.0 Å². The van der Waals surface area contributed by atoms with Crippen LogP contribution in [0, 0.1) is 11.8 Å². The number of hydrogen-bond donors (Lipinski definition) is 3. The van der Waals surface area contributed by atoms with E-state index < -0.39 is 0 Å². The summed E-state index contributed by atoms with van der Waals surface area (Å²) < 4.78 is 0. The smallest absolute Gasteiger partial charge is 0.224 e. The highest BCUT2D eigenvalue weighted by Crippen LogP contribution is 2.29. The second kappa shape index (κ2) is 14.5. The molecule has 2 amide bonds. The molecule has 3 aromatic rings. The van der Waals surface area contributed by atoms with Gasteiger partial charge in [-0.05, 0) is 40.7 Å². The zero-order chi connectivity index (χ0) is 26.6. The Morgan fingerprint density at radius 1 is 1.08 bits per heavy atom. The van der Waals surface area contributed by atoms with Crippen molar-refractivity contribution in [1.29, 1.82) is 0 Å². The molecule has 9 heteroatoms. The number of aromatic nitrogens is 4. The first kappa shape index (κ1) is 28.4. The summed E-state index contributed by atoms with van der Waals surface area (Å²) in [4.78, 5) is 27.4. The summed E-state index contributed by atoms with van der Waals surface area (Å²) in [5.41, 5.74) is 3.97. The summed E-state index contributed by atoms with van der Waals surface area (Å²) in [6.45, 7) is 7.68. The van der Waals surface area contributed by atoms with Crippen molar-refractivity contribution in [2.75, 3.05) is 18.8 Å². The topological polar surface area (TPSA) is 104 Å². The Bertz CT molecular complexity index is 1120. The molecular formula is C28H38N6O2S. The number of amides is 2. The number of carbonyl (C=O) groups excluding carboxylic acids is 2. The third-order valence-corrected chi connectivity index (χ3v) is 6.72. The second-order valence-electron chi connectivity index (χ2n) is 9.70. The molecule has 0 saturated carbocycles. The monoisotopic (exact) mass is 522 g/mol. The van der Waals surface area contributed by atoms with Crippen LogP contribution >= 0.6 is 12.6 Å². The third kappa shape index (κ3) is 8.42. The first-order valence-corrected chi connectivity index (χ1v) is 13.6. The number of aromatic amines is 1. The summed E-state index contributed by atoms with van der Waals surface area (Å²) >= 11 is 4.35. The fourth-order valence-corrected chi connectivity index (χ4v) is 4.60. The van der Waals surface area contributed by atoms with Crippen molar-refractivity contribution in [3.63, 3.8) is 0 Å². The molecule has 1 heterocycles. The van der Waals surface area contributed by atoms with Crippen LogP contribution in [0.1, 0.15) is 52.0 Å². The van der Waals surface area contributed by atoms with Crippen LogP contribution in [0.2, 0.25) is 0 Å². The lowest BCUT2D eigenvalue weighted by molar-refractivity contribution is -0.132. The zero-order valence-electron chi connectivity index (χ0n) is 22.0. The van der Waals surface area contributed by atoms with Crippen LogP contribution in [0.5, 0.6) is 0 Å². The molecule has 37 heavy (non-hydrogen) atoms. The van der Waals surface area contributed by atoms with Crippen molar-refractivity contribution in [3.8, 4) is 22.5 Å². The van der Waals surface area contributed by atoms with Gasteiger partial charge < -0.3 is 10.2 Å². The van der Waals surface area contributed by atoms with Gasteiger partial charge in [0.15, 0.2) is 0 Å². The maximum Gasteiger partial charge on any atom is 0.224 e. The van der Waals surface area contributed by atoms with Crippen molar-refractivity contribution < 1.29 is 9.59 Å². The van der Waals surface area contributed by atoms with Crippen molar-refractivity contribution in [2.24, 2.45) is 11.8 Å². The molecule has 0 aliphatic rings. The number of nitrogens with zero attached hydrogens (tertiary/aromatic N) is 4. The van der Waals surface area contributed by atoms with Crippen molar-refractivity contribution >= 4 is 24.4 Å². The van der Waals surface area contributed by atoms with E-state index in [1.807, 2.05) is 53.4 Å². The van der Waals surface area contributed by atoms with Crippen LogP contribution in [-0.2, 0) is 16.1 Å². The van der Waals surface area contributed by atoms with Gasteiger partial charge >= 0.3 is 0 Å². The predicted molar refractivity (Wildman–Crippen MR) is 150 cm³/mol. The lowest BCUT2D eigenvalue weighted by atomic mass is 9.98. The van der Waals surface area contributed by atoms with Crippen LogP contribution in [0.4, 0.5) is 0 Å². The van der Waals surface area contributed by atoms with Gasteiger partial charge in [-0.15, -0.1) is 10.2 Å². The van der Waals surface area contributed by atoms with E-state index in [2.05, 4.69) is 59.3 Å². The Labute approximate surface area is 225 Å². The second-order valence-corrected chi connectivity index (χ2v) is 10.1. The SMILES string of the molecule is CCCCC(=O)N(CCNC(=O)C(CS)CC(C)C)Cc1ccc(-c2ccccc2-c2nn[nH]n2)cc1. The summed E-state index contributed by atoms with van der Waals surface area (Å²) in [6, 6.07) is 16.1. The Morgan fingerprint density at radius 3 is 2.43 bits per heavy atom. The minimum Gasteiger partial charge on any atom is -0.354 e. The normalized spacial score (nSPS) is 11.9. The van der Waals surface area contributed by atoms with Crippen LogP contribution < -0.4 is 5.32 Å². The molecular weight excluding hydrogens is 484 g/mol. The molecule has 2 N–H and O–H groups in total. The average Bonchev–Trinajstić information content (AvgIpc) is 3.45. The number of benzene rings is 2. The molecule has 0 aliphatic heterocycles. The van der Waals surface area contributed by atoms with Crippen LogP contribution in [0.15, 0.2) is 48.5 Å². The quantitative estimate of drug-likeness (QED) is 0.265. The molecule has 0 bridgehead atoms. The summed E-state index contributed by atoms with van der Waals surface area (Å²) in [5.74, 6) is 1.49. The highest BCUT2D eigenvalue weighted by Gasteiger charge is 2.19. The molecule has 1 atom stereocenters. The van der Waals surface area contributed by atoms with Gasteiger partial charge in [0.1, 0.15) is 0 Å². The van der Waals surface area contributed by atoms with Gasteiger partial charge in [-0.3, -0.25) is 9.59 Å². The van der Waals surface area contributed by atoms with Gasteiger partial charge in [0, 0.05) is 43.3 Å². The molecule has 0 radical (unpaired) electrons. The molecule has 1 unspecified atom stereocenters. The highest BCUT2D eigenvalue weighted by atomic mass is 32.1. The molecule has 0 fully saturated rings. The van der Waals surface area contributed by atoms with Crippen LogP contribution in [-0.4, -0.2) is 56.2 Å². The fourth-order valence-electron chi connectivity index (χ4n) is 4.29. The molecule has 0 spiro atoms. The number of tetrazole rings is 1. The Morgan fingerprint density at radius 2 is 1.81 bits per heavy atom. The number of nitrogens with one attached hydrogen (secondary N) is 2. The van der Waals surface area contributed by atoms with Gasteiger partial charge in [-0.25, -0.2) is 0 Å². The number of H-pyrrole nitrogens is 1. The largest absolute Gasteiger partial charge is 0.354 e. The lowest BCUT2D eigenvalue weighted by Gasteiger charge is -2.24. The molecule has 1 aromatic heterocycles. The Hall–Kier alpha value is -3.20. The number of carbonyl (C=O) groups is 2. The van der Waals surface area contributed by atoms with Crippen molar-refractivity contribution in [1.82, 2.24) is 30.8 Å². The highest BCUT2D eigenvalue weighted by molar-refractivity contribution is 7.80. The van der Waals surface area contributed by atoms with Gasteiger partial charge in [0.2, 0.25) is 17.6 Å². The zero-order valence-corrected chi connectivity index (χ0v) is 22.9. The standard InChI is InChI=1S/C28H38N6O2S/c1-4-5-10-26(35)34(16-15-29-28(36)23(19-37)17-20(2)3)18-21-11-13-22(14-12-21)24-8-6-7-9-25(24)27-30-32-33-31-27/h6-9,11-14,20,23,37H,4-5,10,15-19H2,1-3H3,(H,29,36)(H,30,31,32,33). The van der Waals surface area contributed by atoms with Crippen molar-refractivity contribution in [3.05, 3.63) is 54.1 Å². The van der Waals surface area contributed by atoms with E-state index in [9.17, 15) is 9.59 Å². The maximum atomic E-state index is 13.0. The number of thiol groups is 1. The van der Waals surface area contributed by atoms with E-state index in [0.29, 0.717) is 43.6 Å². The first-order valence-electron chi connectivity index (χ1n) is 13.0. The van der Waals surface area contributed by atoms with E-state index in [-0.39, 0.29) is 17.7 Å². The first-order chi connectivity index (χ1) is 17.9. The number of rotatable bonds is 14. The maximum absolute atomic E-state index is 13.0. The third-order valence-electron chi connectivity index (χ3n) is 6.28. The summed E-state index contributed by atoms with van der Waals surface area (Å²) in [6.07, 6.45) is 3.12. The summed E-state index contributed by atoms with van der Waals surface area (Å²) in [5, 5.41) is 17.4. The lowest BCUT2D eigenvalue weighted by Crippen LogP contribution is -2.40. The van der Waals surface area contributed by atoms with Gasteiger partial charge in [-0.1, -0.05) is 75.7 Å². The molecule has 198 valence electrons. The minimum absolute atomic E-state index is 0.00859. The van der Waals surface area contributed by atoms with E-state index in [4.69, 9.17) is 0 Å². The van der Waals surface area contributed by atoms with Crippen LogP contribution in [0.25, 0.3) is 22.5 Å². The van der Waals surface area contributed by atoms with E-state index in [1.165, 1.54) is 0 Å². The molecule has 2 aromatic carbocycles. The van der Waals surface area contributed by atoms with Crippen LogP contribution in [0.3, 0.4) is 0 Å². The summed E-state index contributed by atoms with van der Waals surface area (Å²) in [7, 11) is 0. The predicted octanol–water partition coefficient (Wildman–Crippen LogP) is 4.76. The molecule has 0 aliphatic carbocycles. The number of hydrogen-bond acceptors (Lipinski definition) is 6.